The lowest BCUT2D eigenvalue weighted by molar-refractivity contribution is -0.134. The van der Waals surface area contributed by atoms with Crippen LogP contribution in [0.1, 0.15) is 46.4 Å². The van der Waals surface area contributed by atoms with E-state index in [1.807, 2.05) is 12.1 Å². The molecular formula is C20H18BrNO4. The Kier molecular flexibility index (Phi) is 5.83. The lowest BCUT2D eigenvalue weighted by atomic mass is 10.1. The van der Waals surface area contributed by atoms with Crippen LogP contribution >= 0.6 is 15.9 Å². The molecule has 5 nitrogen and oxygen atoms in total. The molecule has 0 radical (unpaired) electrons. The van der Waals surface area contributed by atoms with Crippen molar-refractivity contribution in [1.82, 2.24) is 4.90 Å². The zero-order chi connectivity index (χ0) is 18.5. The van der Waals surface area contributed by atoms with Gasteiger partial charge in [-0.25, -0.2) is 0 Å². The molecule has 0 saturated heterocycles. The number of esters is 1. The molecule has 134 valence electrons. The Labute approximate surface area is 160 Å². The van der Waals surface area contributed by atoms with Gasteiger partial charge in [0.05, 0.1) is 11.1 Å². The van der Waals surface area contributed by atoms with E-state index in [2.05, 4.69) is 15.9 Å². The molecule has 1 aliphatic rings. The first-order valence-electron chi connectivity index (χ1n) is 8.48. The zero-order valence-corrected chi connectivity index (χ0v) is 15.7. The minimum absolute atomic E-state index is 0.236. The van der Waals surface area contributed by atoms with Gasteiger partial charge in [-0.3, -0.25) is 19.3 Å². The fraction of sp³-hybridized carbons (Fsp3) is 0.250. The number of benzene rings is 2. The highest BCUT2D eigenvalue weighted by molar-refractivity contribution is 9.10. The third kappa shape index (κ3) is 4.19. The van der Waals surface area contributed by atoms with Crippen molar-refractivity contribution in [1.29, 1.82) is 0 Å². The van der Waals surface area contributed by atoms with Gasteiger partial charge in [-0.1, -0.05) is 34.5 Å². The maximum Gasteiger partial charge on any atom is 0.311 e. The monoisotopic (exact) mass is 415 g/mol. The Morgan fingerprint density at radius 3 is 2.12 bits per heavy atom. The predicted octanol–water partition coefficient (Wildman–Crippen LogP) is 4.21. The fourth-order valence-corrected chi connectivity index (χ4v) is 3.11. The summed E-state index contributed by atoms with van der Waals surface area (Å²) in [6.45, 7) is 0.369. The maximum absolute atomic E-state index is 12.2. The van der Waals surface area contributed by atoms with Crippen molar-refractivity contribution in [3.8, 4) is 5.75 Å². The summed E-state index contributed by atoms with van der Waals surface area (Å²) in [5.74, 6) is -0.238. The number of imide groups is 1. The second kappa shape index (κ2) is 8.27. The van der Waals surface area contributed by atoms with E-state index >= 15 is 0 Å². The van der Waals surface area contributed by atoms with Gasteiger partial charge >= 0.3 is 5.97 Å². The summed E-state index contributed by atoms with van der Waals surface area (Å²) in [5, 5.41) is 0. The molecule has 0 atom stereocenters. The van der Waals surface area contributed by atoms with Crippen molar-refractivity contribution in [3.63, 3.8) is 0 Å². The number of unbranched alkanes of at least 4 members (excludes halogenated alkanes) is 2. The summed E-state index contributed by atoms with van der Waals surface area (Å²) in [7, 11) is 0. The third-order valence-electron chi connectivity index (χ3n) is 4.19. The van der Waals surface area contributed by atoms with Crippen molar-refractivity contribution in [2.45, 2.75) is 25.7 Å². The van der Waals surface area contributed by atoms with E-state index in [1.54, 1.807) is 36.4 Å². The molecule has 0 saturated carbocycles. The van der Waals surface area contributed by atoms with Gasteiger partial charge in [-0.05, 0) is 49.2 Å². The number of halogens is 1. The standard InChI is InChI=1S/C20H18BrNO4/c21-14-9-11-15(12-10-14)26-18(23)8-2-1-5-13-22-19(24)16-6-3-4-7-17(16)20(22)25/h3-4,6-7,9-12H,1-2,5,8,13H2. The largest absolute Gasteiger partial charge is 0.427 e. The highest BCUT2D eigenvalue weighted by Crippen LogP contribution is 2.23. The van der Waals surface area contributed by atoms with Crippen LogP contribution in [-0.4, -0.2) is 29.2 Å². The van der Waals surface area contributed by atoms with Crippen molar-refractivity contribution >= 4 is 33.7 Å². The molecule has 26 heavy (non-hydrogen) atoms. The molecule has 2 aromatic carbocycles. The molecule has 0 bridgehead atoms. The van der Waals surface area contributed by atoms with Crippen LogP contribution in [0.3, 0.4) is 0 Å². The summed E-state index contributed by atoms with van der Waals surface area (Å²) in [4.78, 5) is 37.6. The molecule has 3 rings (SSSR count). The van der Waals surface area contributed by atoms with Gasteiger partial charge in [0.25, 0.3) is 11.8 Å². The second-order valence-electron chi connectivity index (χ2n) is 6.05. The number of hydrogen-bond acceptors (Lipinski definition) is 4. The van der Waals surface area contributed by atoms with Crippen molar-refractivity contribution < 1.29 is 19.1 Å². The zero-order valence-electron chi connectivity index (χ0n) is 14.1. The molecule has 0 spiro atoms. The third-order valence-corrected chi connectivity index (χ3v) is 4.71. The lowest BCUT2D eigenvalue weighted by Gasteiger charge is -2.13. The Hall–Kier alpha value is -2.47. The van der Waals surface area contributed by atoms with E-state index < -0.39 is 0 Å². The predicted molar refractivity (Wildman–Crippen MR) is 100 cm³/mol. The number of rotatable bonds is 7. The van der Waals surface area contributed by atoms with E-state index in [9.17, 15) is 14.4 Å². The van der Waals surface area contributed by atoms with Gasteiger partial charge in [0.2, 0.25) is 0 Å². The van der Waals surface area contributed by atoms with E-state index in [-0.39, 0.29) is 17.8 Å². The number of ether oxygens (including phenoxy) is 1. The number of fused-ring (bicyclic) bond motifs is 1. The van der Waals surface area contributed by atoms with Crippen LogP contribution in [0.5, 0.6) is 5.75 Å². The summed E-state index contributed by atoms with van der Waals surface area (Å²) >= 11 is 3.32. The molecule has 1 aliphatic heterocycles. The first-order chi connectivity index (χ1) is 12.6. The number of carbonyl (C=O) groups is 3. The van der Waals surface area contributed by atoms with Gasteiger partial charge < -0.3 is 4.74 Å². The molecule has 0 fully saturated rings. The van der Waals surface area contributed by atoms with Gasteiger partial charge in [0.1, 0.15) is 5.75 Å². The number of carbonyl (C=O) groups excluding carboxylic acids is 3. The molecule has 0 aromatic heterocycles. The average molecular weight is 416 g/mol. The average Bonchev–Trinajstić information content (AvgIpc) is 2.88. The van der Waals surface area contributed by atoms with Crippen molar-refractivity contribution in [2.24, 2.45) is 0 Å². The van der Waals surface area contributed by atoms with Gasteiger partial charge in [-0.2, -0.15) is 0 Å². The Balaban J connectivity index is 1.38. The summed E-state index contributed by atoms with van der Waals surface area (Å²) < 4.78 is 6.17. The van der Waals surface area contributed by atoms with E-state index in [4.69, 9.17) is 4.74 Å². The highest BCUT2D eigenvalue weighted by atomic mass is 79.9. The van der Waals surface area contributed by atoms with Crippen LogP contribution in [0.25, 0.3) is 0 Å². The molecule has 2 aromatic rings. The molecule has 2 amide bonds. The number of amides is 2. The minimum atomic E-state index is -0.284. The van der Waals surface area contributed by atoms with Crippen LogP contribution in [-0.2, 0) is 4.79 Å². The molecule has 0 aliphatic carbocycles. The Morgan fingerprint density at radius 1 is 0.885 bits per heavy atom. The molecule has 1 heterocycles. The fourth-order valence-electron chi connectivity index (χ4n) is 2.84. The minimum Gasteiger partial charge on any atom is -0.427 e. The quantitative estimate of drug-likeness (QED) is 0.294. The molecule has 0 unspecified atom stereocenters. The van der Waals surface area contributed by atoms with Crippen molar-refractivity contribution in [2.75, 3.05) is 6.54 Å². The summed E-state index contributed by atoms with van der Waals surface area (Å²) in [5.41, 5.74) is 0.936. The van der Waals surface area contributed by atoms with E-state index in [0.717, 1.165) is 10.9 Å². The van der Waals surface area contributed by atoms with Gasteiger partial charge in [-0.15, -0.1) is 0 Å². The van der Waals surface area contributed by atoms with Crippen LogP contribution in [0.15, 0.2) is 53.0 Å². The highest BCUT2D eigenvalue weighted by Gasteiger charge is 2.34. The van der Waals surface area contributed by atoms with Crippen LogP contribution in [0.4, 0.5) is 0 Å². The molecular weight excluding hydrogens is 398 g/mol. The van der Waals surface area contributed by atoms with Gasteiger partial charge in [0, 0.05) is 17.4 Å². The Morgan fingerprint density at radius 2 is 1.50 bits per heavy atom. The molecule has 6 heteroatoms. The summed E-state index contributed by atoms with van der Waals surface area (Å²) in [6.07, 6.45) is 2.36. The van der Waals surface area contributed by atoms with Crippen LogP contribution in [0.2, 0.25) is 0 Å². The number of nitrogens with zero attached hydrogens (tertiary/aromatic N) is 1. The van der Waals surface area contributed by atoms with Crippen LogP contribution < -0.4 is 4.74 Å². The van der Waals surface area contributed by atoms with Crippen LogP contribution in [0, 0.1) is 0 Å². The SMILES string of the molecule is O=C(CCCCCN1C(=O)c2ccccc2C1=O)Oc1ccc(Br)cc1. The van der Waals surface area contributed by atoms with Crippen molar-refractivity contribution in [3.05, 3.63) is 64.1 Å². The second-order valence-corrected chi connectivity index (χ2v) is 6.96. The summed E-state index contributed by atoms with van der Waals surface area (Å²) in [6, 6.07) is 13.9. The smallest absolute Gasteiger partial charge is 0.311 e. The molecule has 0 N–H and O–H groups in total. The first-order valence-corrected chi connectivity index (χ1v) is 9.27. The Bertz CT molecular complexity index is 797. The van der Waals surface area contributed by atoms with E-state index in [0.29, 0.717) is 42.7 Å². The first kappa shape index (κ1) is 18.3. The number of hydrogen-bond donors (Lipinski definition) is 0. The van der Waals surface area contributed by atoms with E-state index in [1.165, 1.54) is 4.90 Å². The normalized spacial score (nSPS) is 13.0. The lowest BCUT2D eigenvalue weighted by Crippen LogP contribution is -2.30. The maximum atomic E-state index is 12.2. The topological polar surface area (TPSA) is 63.7 Å². The van der Waals surface area contributed by atoms with Gasteiger partial charge in [0.15, 0.2) is 0 Å².